The van der Waals surface area contributed by atoms with Gasteiger partial charge in [0, 0.05) is 36.2 Å². The molecule has 0 unspecified atom stereocenters. The van der Waals surface area contributed by atoms with Crippen molar-refractivity contribution < 1.29 is 0 Å². The van der Waals surface area contributed by atoms with Crippen LogP contribution < -0.4 is 10.2 Å². The van der Waals surface area contributed by atoms with Gasteiger partial charge >= 0.3 is 0 Å². The van der Waals surface area contributed by atoms with Crippen molar-refractivity contribution in [1.29, 1.82) is 0 Å². The van der Waals surface area contributed by atoms with Crippen LogP contribution in [0, 0.1) is 0 Å². The van der Waals surface area contributed by atoms with Crippen LogP contribution in [0.3, 0.4) is 0 Å². The summed E-state index contributed by atoms with van der Waals surface area (Å²) in [5.41, 5.74) is 0. The van der Waals surface area contributed by atoms with Crippen molar-refractivity contribution in [3.63, 3.8) is 0 Å². The average Bonchev–Trinajstić information content (AvgIpc) is 2.88. The van der Waals surface area contributed by atoms with E-state index < -0.39 is 0 Å². The van der Waals surface area contributed by atoms with Crippen LogP contribution in [0.1, 0.15) is 33.6 Å². The maximum absolute atomic E-state index is 4.36. The van der Waals surface area contributed by atoms with Crippen LogP contribution in [0.25, 0.3) is 0 Å². The molecular formula is C14H24N4S. The smallest absolute Gasteiger partial charge is 0.134 e. The lowest BCUT2D eigenvalue weighted by Gasteiger charge is -2.18. The number of thioether (sulfide) groups is 1. The zero-order valence-electron chi connectivity index (χ0n) is 12.1. The van der Waals surface area contributed by atoms with E-state index in [1.165, 1.54) is 12.8 Å². The maximum atomic E-state index is 4.36. The van der Waals surface area contributed by atoms with Gasteiger partial charge in [0.25, 0.3) is 0 Å². The van der Waals surface area contributed by atoms with Crippen molar-refractivity contribution in [3.8, 4) is 0 Å². The van der Waals surface area contributed by atoms with E-state index in [9.17, 15) is 0 Å². The molecule has 0 atom stereocenters. The van der Waals surface area contributed by atoms with Gasteiger partial charge in [-0.15, -0.1) is 0 Å². The van der Waals surface area contributed by atoms with E-state index in [1.54, 1.807) is 6.33 Å². The lowest BCUT2D eigenvalue weighted by molar-refractivity contribution is 0.802. The number of nitrogens with one attached hydrogen (secondary N) is 1. The van der Waals surface area contributed by atoms with E-state index in [4.69, 9.17) is 0 Å². The van der Waals surface area contributed by atoms with Gasteiger partial charge in [-0.2, -0.15) is 11.8 Å². The molecule has 0 aliphatic carbocycles. The Hall–Kier alpha value is -0.970. The minimum atomic E-state index is 0.327. The zero-order valence-corrected chi connectivity index (χ0v) is 13.0. The lowest BCUT2D eigenvalue weighted by Crippen LogP contribution is -2.19. The molecule has 1 fully saturated rings. The summed E-state index contributed by atoms with van der Waals surface area (Å²) in [6, 6.07) is 2.06. The van der Waals surface area contributed by atoms with E-state index in [2.05, 4.69) is 47.0 Å². The van der Waals surface area contributed by atoms with Crippen LogP contribution >= 0.6 is 11.8 Å². The fourth-order valence-electron chi connectivity index (χ4n) is 2.10. The lowest BCUT2D eigenvalue weighted by atomic mass is 10.3. The van der Waals surface area contributed by atoms with Crippen LogP contribution in [0.5, 0.6) is 0 Å². The Bertz CT molecular complexity index is 397. The molecule has 2 rings (SSSR count). The molecule has 1 saturated heterocycles. The minimum absolute atomic E-state index is 0.327. The highest BCUT2D eigenvalue weighted by Crippen LogP contribution is 2.23. The largest absolute Gasteiger partial charge is 0.369 e. The Morgan fingerprint density at radius 2 is 2.00 bits per heavy atom. The predicted molar refractivity (Wildman–Crippen MR) is 84.2 cm³/mol. The highest BCUT2D eigenvalue weighted by Gasteiger charge is 2.14. The first-order valence-corrected chi connectivity index (χ1v) is 7.98. The summed E-state index contributed by atoms with van der Waals surface area (Å²) in [7, 11) is 0. The summed E-state index contributed by atoms with van der Waals surface area (Å²) in [5, 5.41) is 3.38. The monoisotopic (exact) mass is 280 g/mol. The van der Waals surface area contributed by atoms with Crippen molar-refractivity contribution >= 4 is 23.4 Å². The van der Waals surface area contributed by atoms with E-state index >= 15 is 0 Å². The second-order valence-corrected chi connectivity index (χ2v) is 7.76. The van der Waals surface area contributed by atoms with Crippen LogP contribution in [0.2, 0.25) is 0 Å². The second kappa shape index (κ2) is 6.46. The van der Waals surface area contributed by atoms with E-state index in [0.29, 0.717) is 4.75 Å². The second-order valence-electron chi connectivity index (χ2n) is 5.84. The Balaban J connectivity index is 1.82. The predicted octanol–water partition coefficient (Wildman–Crippen LogP) is 3.02. The molecule has 0 radical (unpaired) electrons. The molecule has 2 heterocycles. The number of nitrogens with zero attached hydrogens (tertiary/aromatic N) is 3. The molecule has 1 aromatic heterocycles. The van der Waals surface area contributed by atoms with Gasteiger partial charge in [-0.25, -0.2) is 9.97 Å². The maximum Gasteiger partial charge on any atom is 0.134 e. The number of anilines is 2. The van der Waals surface area contributed by atoms with Gasteiger partial charge in [0.05, 0.1) is 0 Å². The first-order valence-electron chi connectivity index (χ1n) is 6.99. The third-order valence-corrected chi connectivity index (χ3v) is 4.30. The van der Waals surface area contributed by atoms with Crippen molar-refractivity contribution in [2.75, 3.05) is 35.6 Å². The third kappa shape index (κ3) is 4.90. The van der Waals surface area contributed by atoms with Crippen LogP contribution in [0.4, 0.5) is 11.6 Å². The van der Waals surface area contributed by atoms with Crippen molar-refractivity contribution in [2.45, 2.75) is 38.4 Å². The van der Waals surface area contributed by atoms with Crippen molar-refractivity contribution in [3.05, 3.63) is 12.4 Å². The summed E-state index contributed by atoms with van der Waals surface area (Å²) in [6.07, 6.45) is 4.21. The van der Waals surface area contributed by atoms with E-state index in [1.807, 2.05) is 11.8 Å². The number of rotatable bonds is 5. The molecule has 0 bridgehead atoms. The molecule has 0 amide bonds. The highest BCUT2D eigenvalue weighted by molar-refractivity contribution is 8.00. The van der Waals surface area contributed by atoms with Crippen molar-refractivity contribution in [2.24, 2.45) is 0 Å². The highest BCUT2D eigenvalue weighted by atomic mass is 32.2. The topological polar surface area (TPSA) is 41.0 Å². The molecule has 0 saturated carbocycles. The van der Waals surface area contributed by atoms with Gasteiger partial charge in [-0.1, -0.05) is 20.8 Å². The van der Waals surface area contributed by atoms with Crippen LogP contribution in [0.15, 0.2) is 12.4 Å². The first-order chi connectivity index (χ1) is 9.04. The first kappa shape index (κ1) is 14.4. The van der Waals surface area contributed by atoms with Gasteiger partial charge < -0.3 is 10.2 Å². The van der Waals surface area contributed by atoms with Crippen LogP contribution in [-0.2, 0) is 0 Å². The van der Waals surface area contributed by atoms with E-state index in [0.717, 1.165) is 37.0 Å². The molecule has 4 nitrogen and oxygen atoms in total. The van der Waals surface area contributed by atoms with Gasteiger partial charge in [0.1, 0.15) is 18.0 Å². The van der Waals surface area contributed by atoms with Crippen LogP contribution in [-0.4, -0.2) is 40.1 Å². The molecule has 0 spiro atoms. The van der Waals surface area contributed by atoms with Gasteiger partial charge in [-0.05, 0) is 12.8 Å². The number of hydrogen-bond donors (Lipinski definition) is 1. The number of hydrogen-bond acceptors (Lipinski definition) is 5. The summed E-state index contributed by atoms with van der Waals surface area (Å²) in [4.78, 5) is 11.0. The molecule has 19 heavy (non-hydrogen) atoms. The Kier molecular flexibility index (Phi) is 4.91. The zero-order chi connectivity index (χ0) is 13.7. The SMILES string of the molecule is CC(C)(C)SCCNc1cc(N2CCCC2)ncn1. The van der Waals surface area contributed by atoms with Gasteiger partial charge in [0.2, 0.25) is 0 Å². The molecular weight excluding hydrogens is 256 g/mol. The molecule has 1 N–H and O–H groups in total. The average molecular weight is 280 g/mol. The summed E-state index contributed by atoms with van der Waals surface area (Å²) >= 11 is 1.97. The third-order valence-electron chi connectivity index (χ3n) is 3.03. The van der Waals surface area contributed by atoms with Crippen molar-refractivity contribution in [1.82, 2.24) is 9.97 Å². The summed E-state index contributed by atoms with van der Waals surface area (Å²) in [5.74, 6) is 3.08. The van der Waals surface area contributed by atoms with E-state index in [-0.39, 0.29) is 0 Å². The Morgan fingerprint density at radius 3 is 2.68 bits per heavy atom. The fraction of sp³-hybridized carbons (Fsp3) is 0.714. The summed E-state index contributed by atoms with van der Waals surface area (Å²) < 4.78 is 0.327. The molecule has 1 aliphatic rings. The standard InChI is InChI=1S/C14H24N4S/c1-14(2,3)19-9-6-15-12-10-13(17-11-16-12)18-7-4-5-8-18/h10-11H,4-9H2,1-3H3,(H,15,16,17). The Labute approximate surface area is 120 Å². The molecule has 1 aromatic rings. The fourth-order valence-corrected chi connectivity index (χ4v) is 2.92. The Morgan fingerprint density at radius 1 is 1.26 bits per heavy atom. The van der Waals surface area contributed by atoms with Gasteiger partial charge in [-0.3, -0.25) is 0 Å². The molecule has 1 aliphatic heterocycles. The molecule has 5 heteroatoms. The quantitative estimate of drug-likeness (QED) is 0.840. The minimum Gasteiger partial charge on any atom is -0.369 e. The molecule has 0 aromatic carbocycles. The molecule has 106 valence electrons. The normalized spacial score (nSPS) is 15.8. The van der Waals surface area contributed by atoms with Gasteiger partial charge in [0.15, 0.2) is 0 Å². The summed E-state index contributed by atoms with van der Waals surface area (Å²) in [6.45, 7) is 9.92. The number of aromatic nitrogens is 2.